The fourth-order valence-corrected chi connectivity index (χ4v) is 4.03. The van der Waals surface area contributed by atoms with Crippen LogP contribution >= 0.6 is 0 Å². The lowest BCUT2D eigenvalue weighted by Gasteiger charge is -2.22. The van der Waals surface area contributed by atoms with Crippen molar-refractivity contribution in [2.75, 3.05) is 0 Å². The van der Waals surface area contributed by atoms with Crippen LogP contribution in [-0.2, 0) is 37.0 Å². The minimum absolute atomic E-state index is 0.0302. The van der Waals surface area contributed by atoms with Gasteiger partial charge in [0.2, 0.25) is 11.7 Å². The zero-order chi connectivity index (χ0) is 32.4. The second kappa shape index (κ2) is 14.8. The molecule has 2 aromatic carbocycles. The standard InChI is InChI=1S/C30H37N7O7/c1-18(2)25(26(31)40)33-28(41)21-14-10-9-13-20(21)27-34-36-37(35-27)16-23(38)22(15-24(39)44-30(3,4)5)32-29(42)43-17-19-11-7-6-8-12-19/h6-14,18,22,25H,15-17H2,1-5H3,(H2,31,40)(H,32,42)(H,33,41). The predicted octanol–water partition coefficient (Wildman–Crippen LogP) is 2.18. The van der Waals surface area contributed by atoms with Gasteiger partial charge in [0.1, 0.15) is 30.8 Å². The van der Waals surface area contributed by atoms with Crippen LogP contribution in [0.2, 0.25) is 0 Å². The minimum atomic E-state index is -1.32. The summed E-state index contributed by atoms with van der Waals surface area (Å²) in [4.78, 5) is 64.2. The number of Topliss-reactive ketones (excluding diaryl/α,β-unsaturated/α-hetero) is 1. The molecule has 0 fully saturated rings. The number of hydrogen-bond donors (Lipinski definition) is 3. The maximum atomic E-state index is 13.3. The highest BCUT2D eigenvalue weighted by Crippen LogP contribution is 2.20. The number of benzene rings is 2. The third-order valence-corrected chi connectivity index (χ3v) is 6.11. The molecular formula is C30H37N7O7. The first-order valence-corrected chi connectivity index (χ1v) is 13.9. The Morgan fingerprint density at radius 2 is 1.61 bits per heavy atom. The number of alkyl carbamates (subject to hydrolysis) is 1. The average molecular weight is 608 g/mol. The van der Waals surface area contributed by atoms with E-state index in [1.54, 1.807) is 77.1 Å². The number of carbonyl (C=O) groups excluding carboxylic acids is 5. The SMILES string of the molecule is CC(C)C(NC(=O)c1ccccc1-c1nnn(CC(=O)C(CC(=O)OC(C)(C)C)NC(=O)OCc2ccccc2)n1)C(N)=O. The molecule has 0 aliphatic rings. The number of amides is 3. The van der Waals surface area contributed by atoms with Crippen molar-refractivity contribution >= 4 is 29.7 Å². The van der Waals surface area contributed by atoms with Crippen LogP contribution in [-0.4, -0.2) is 67.6 Å². The van der Waals surface area contributed by atoms with Crippen LogP contribution < -0.4 is 16.4 Å². The Bertz CT molecular complexity index is 1480. The molecule has 234 valence electrons. The normalized spacial score (nSPS) is 12.6. The number of esters is 1. The van der Waals surface area contributed by atoms with E-state index in [0.29, 0.717) is 5.56 Å². The van der Waals surface area contributed by atoms with Crippen molar-refractivity contribution in [2.24, 2.45) is 11.7 Å². The van der Waals surface area contributed by atoms with Crippen LogP contribution in [0, 0.1) is 5.92 Å². The average Bonchev–Trinajstić information content (AvgIpc) is 3.41. The lowest BCUT2D eigenvalue weighted by Crippen LogP contribution is -2.47. The number of primary amides is 1. The zero-order valence-electron chi connectivity index (χ0n) is 25.3. The van der Waals surface area contributed by atoms with Crippen LogP contribution in [0.3, 0.4) is 0 Å². The first-order chi connectivity index (χ1) is 20.7. The van der Waals surface area contributed by atoms with E-state index in [4.69, 9.17) is 15.2 Å². The maximum absolute atomic E-state index is 13.3. The minimum Gasteiger partial charge on any atom is -0.460 e. The van der Waals surface area contributed by atoms with Crippen molar-refractivity contribution in [1.29, 1.82) is 0 Å². The number of nitrogens with two attached hydrogens (primary N) is 1. The van der Waals surface area contributed by atoms with E-state index < -0.39 is 60.3 Å². The van der Waals surface area contributed by atoms with Crippen LogP contribution in [0.15, 0.2) is 54.6 Å². The molecule has 0 saturated carbocycles. The molecule has 0 radical (unpaired) electrons. The number of hydrogen-bond acceptors (Lipinski definition) is 10. The molecule has 14 nitrogen and oxygen atoms in total. The molecule has 1 heterocycles. The lowest BCUT2D eigenvalue weighted by atomic mass is 10.0. The van der Waals surface area contributed by atoms with Crippen molar-refractivity contribution in [1.82, 2.24) is 30.8 Å². The number of ether oxygens (including phenoxy) is 2. The Kier molecular flexibility index (Phi) is 11.3. The van der Waals surface area contributed by atoms with E-state index in [9.17, 15) is 24.0 Å². The van der Waals surface area contributed by atoms with Gasteiger partial charge in [-0.15, -0.1) is 10.2 Å². The number of rotatable bonds is 13. The topological polar surface area (TPSA) is 197 Å². The van der Waals surface area contributed by atoms with E-state index in [-0.39, 0.29) is 23.9 Å². The second-order valence-electron chi connectivity index (χ2n) is 11.3. The lowest BCUT2D eigenvalue weighted by molar-refractivity contribution is -0.156. The highest BCUT2D eigenvalue weighted by atomic mass is 16.6. The van der Waals surface area contributed by atoms with Gasteiger partial charge in [-0.1, -0.05) is 62.4 Å². The number of carbonyl (C=O) groups is 5. The fraction of sp³-hybridized carbons (Fsp3) is 0.400. The second-order valence-corrected chi connectivity index (χ2v) is 11.3. The smallest absolute Gasteiger partial charge is 0.408 e. The van der Waals surface area contributed by atoms with Crippen LogP contribution in [0.5, 0.6) is 0 Å². The molecular weight excluding hydrogens is 570 g/mol. The Balaban J connectivity index is 1.76. The monoisotopic (exact) mass is 607 g/mol. The molecule has 4 N–H and O–H groups in total. The van der Waals surface area contributed by atoms with Gasteiger partial charge >= 0.3 is 12.1 Å². The number of nitrogens with zero attached hydrogens (tertiary/aromatic N) is 4. The molecule has 44 heavy (non-hydrogen) atoms. The molecule has 3 aromatic rings. The van der Waals surface area contributed by atoms with E-state index in [0.717, 1.165) is 10.4 Å². The largest absolute Gasteiger partial charge is 0.460 e. The van der Waals surface area contributed by atoms with Gasteiger partial charge in [0.15, 0.2) is 5.78 Å². The molecule has 1 aromatic heterocycles. The summed E-state index contributed by atoms with van der Waals surface area (Å²) in [5, 5.41) is 17.2. The number of ketones is 1. The number of aromatic nitrogens is 4. The van der Waals surface area contributed by atoms with Crippen LogP contribution in [0.4, 0.5) is 4.79 Å². The molecule has 0 bridgehead atoms. The van der Waals surface area contributed by atoms with Crippen molar-refractivity contribution < 1.29 is 33.4 Å². The molecule has 2 atom stereocenters. The number of nitrogens with one attached hydrogen (secondary N) is 2. The van der Waals surface area contributed by atoms with Gasteiger partial charge in [0.25, 0.3) is 5.91 Å². The van der Waals surface area contributed by atoms with E-state index in [2.05, 4.69) is 26.0 Å². The Morgan fingerprint density at radius 3 is 2.25 bits per heavy atom. The van der Waals surface area contributed by atoms with Gasteiger partial charge in [-0.2, -0.15) is 4.80 Å². The van der Waals surface area contributed by atoms with E-state index in [1.165, 1.54) is 6.07 Å². The molecule has 3 amide bonds. The van der Waals surface area contributed by atoms with Crippen molar-refractivity contribution in [2.45, 2.75) is 71.9 Å². The molecule has 2 unspecified atom stereocenters. The van der Waals surface area contributed by atoms with Gasteiger partial charge < -0.3 is 25.8 Å². The summed E-state index contributed by atoms with van der Waals surface area (Å²) in [5.41, 5.74) is 5.82. The van der Waals surface area contributed by atoms with Gasteiger partial charge in [0.05, 0.1) is 12.0 Å². The quantitative estimate of drug-likeness (QED) is 0.242. The van der Waals surface area contributed by atoms with Gasteiger partial charge in [0, 0.05) is 5.56 Å². The summed E-state index contributed by atoms with van der Waals surface area (Å²) < 4.78 is 10.6. The predicted molar refractivity (Wildman–Crippen MR) is 158 cm³/mol. The summed E-state index contributed by atoms with van der Waals surface area (Å²) in [5.74, 6) is -2.78. The summed E-state index contributed by atoms with van der Waals surface area (Å²) >= 11 is 0. The number of tetrazole rings is 1. The maximum Gasteiger partial charge on any atom is 0.408 e. The first-order valence-electron chi connectivity index (χ1n) is 13.9. The van der Waals surface area contributed by atoms with E-state index in [1.807, 2.05) is 6.07 Å². The fourth-order valence-electron chi connectivity index (χ4n) is 4.03. The molecule has 14 heteroatoms. The molecule has 0 saturated heterocycles. The van der Waals surface area contributed by atoms with Crippen LogP contribution in [0.25, 0.3) is 11.4 Å². The zero-order valence-corrected chi connectivity index (χ0v) is 25.3. The van der Waals surface area contributed by atoms with Crippen molar-refractivity contribution in [3.8, 4) is 11.4 Å². The van der Waals surface area contributed by atoms with Gasteiger partial charge in [-0.3, -0.25) is 19.2 Å². The summed E-state index contributed by atoms with van der Waals surface area (Å²) in [7, 11) is 0. The Morgan fingerprint density at radius 1 is 0.955 bits per heavy atom. The summed E-state index contributed by atoms with van der Waals surface area (Å²) in [6.45, 7) is 8.03. The third kappa shape index (κ3) is 10.00. The third-order valence-electron chi connectivity index (χ3n) is 6.11. The first kappa shape index (κ1) is 33.4. The Hall–Kier alpha value is -5.14. The van der Waals surface area contributed by atoms with Gasteiger partial charge in [-0.05, 0) is 43.5 Å². The highest BCUT2D eigenvalue weighted by Gasteiger charge is 2.29. The molecule has 0 aliphatic carbocycles. The van der Waals surface area contributed by atoms with E-state index >= 15 is 0 Å². The molecule has 3 rings (SSSR count). The molecule has 0 spiro atoms. The Labute approximate surface area is 254 Å². The van der Waals surface area contributed by atoms with Gasteiger partial charge in [-0.25, -0.2) is 4.79 Å². The highest BCUT2D eigenvalue weighted by molar-refractivity contribution is 6.02. The van der Waals surface area contributed by atoms with Crippen LogP contribution in [0.1, 0.15) is 57.0 Å². The summed E-state index contributed by atoms with van der Waals surface area (Å²) in [6, 6.07) is 13.1. The van der Waals surface area contributed by atoms with Crippen molar-refractivity contribution in [3.63, 3.8) is 0 Å². The summed E-state index contributed by atoms with van der Waals surface area (Å²) in [6.07, 6.45) is -1.36. The molecule has 0 aliphatic heterocycles. The van der Waals surface area contributed by atoms with Crippen molar-refractivity contribution in [3.05, 3.63) is 65.7 Å².